The third-order valence-corrected chi connectivity index (χ3v) is 3.42. The van der Waals surface area contributed by atoms with E-state index in [2.05, 4.69) is 10.6 Å². The minimum absolute atomic E-state index is 0.126. The third kappa shape index (κ3) is 4.63. The molecule has 116 valence electrons. The predicted molar refractivity (Wildman–Crippen MR) is 81.6 cm³/mol. The number of benzene rings is 1. The van der Waals surface area contributed by atoms with E-state index >= 15 is 0 Å². The van der Waals surface area contributed by atoms with Gasteiger partial charge in [-0.3, -0.25) is 4.79 Å². The minimum atomic E-state index is -0.547. The normalized spacial score (nSPS) is 15.4. The Morgan fingerprint density at radius 1 is 1.38 bits per heavy atom. The van der Waals surface area contributed by atoms with Gasteiger partial charge >= 0.3 is 0 Å². The molecule has 1 aliphatic carbocycles. The molecule has 0 aromatic heterocycles. The van der Waals surface area contributed by atoms with Gasteiger partial charge in [0.25, 0.3) is 5.91 Å². The first kappa shape index (κ1) is 15.6. The molecule has 1 fully saturated rings. The van der Waals surface area contributed by atoms with Gasteiger partial charge in [-0.15, -0.1) is 0 Å². The van der Waals surface area contributed by atoms with Gasteiger partial charge in [0.15, 0.2) is 17.6 Å². The van der Waals surface area contributed by atoms with Crippen LogP contribution in [0.3, 0.4) is 0 Å². The van der Waals surface area contributed by atoms with Crippen molar-refractivity contribution in [3.05, 3.63) is 23.8 Å². The minimum Gasteiger partial charge on any atom is -0.493 e. The van der Waals surface area contributed by atoms with E-state index in [0.29, 0.717) is 24.1 Å². The summed E-state index contributed by atoms with van der Waals surface area (Å²) in [4.78, 5) is 11.7. The monoisotopic (exact) mass is 292 g/mol. The van der Waals surface area contributed by atoms with Crippen molar-refractivity contribution in [1.82, 2.24) is 10.6 Å². The SMILES string of the molecule is CCNC(=O)C(C)Oc1ccc(CNC2CC2)cc1OC. The molecule has 1 aromatic carbocycles. The fourth-order valence-corrected chi connectivity index (χ4v) is 2.03. The molecule has 2 rings (SSSR count). The van der Waals surface area contributed by atoms with Gasteiger partial charge in [0.1, 0.15) is 0 Å². The smallest absolute Gasteiger partial charge is 0.260 e. The van der Waals surface area contributed by atoms with Crippen molar-refractivity contribution in [3.63, 3.8) is 0 Å². The molecule has 1 atom stereocenters. The average Bonchev–Trinajstić information content (AvgIpc) is 3.30. The second kappa shape index (κ2) is 7.31. The number of hydrogen-bond donors (Lipinski definition) is 2. The summed E-state index contributed by atoms with van der Waals surface area (Å²) in [5, 5.41) is 6.20. The van der Waals surface area contributed by atoms with E-state index in [1.807, 2.05) is 25.1 Å². The summed E-state index contributed by atoms with van der Waals surface area (Å²) in [6.45, 7) is 5.03. The molecule has 0 aliphatic heterocycles. The maximum absolute atomic E-state index is 11.7. The van der Waals surface area contributed by atoms with E-state index < -0.39 is 6.10 Å². The summed E-state index contributed by atoms with van der Waals surface area (Å²) < 4.78 is 11.1. The zero-order valence-corrected chi connectivity index (χ0v) is 12.9. The van der Waals surface area contributed by atoms with Crippen LogP contribution in [0, 0.1) is 0 Å². The lowest BCUT2D eigenvalue weighted by Gasteiger charge is -2.17. The molecule has 1 saturated carbocycles. The maximum Gasteiger partial charge on any atom is 0.260 e. The van der Waals surface area contributed by atoms with Crippen LogP contribution in [0.25, 0.3) is 0 Å². The highest BCUT2D eigenvalue weighted by molar-refractivity contribution is 5.80. The van der Waals surface area contributed by atoms with Gasteiger partial charge in [0, 0.05) is 19.1 Å². The second-order valence-corrected chi connectivity index (χ2v) is 5.30. The van der Waals surface area contributed by atoms with E-state index in [0.717, 1.165) is 12.1 Å². The number of amides is 1. The van der Waals surface area contributed by atoms with E-state index in [-0.39, 0.29) is 5.91 Å². The molecule has 0 heterocycles. The molecule has 1 amide bonds. The summed E-state index contributed by atoms with van der Waals surface area (Å²) in [5.74, 6) is 1.12. The highest BCUT2D eigenvalue weighted by Gasteiger charge is 2.20. The molecule has 0 radical (unpaired) electrons. The number of likely N-dealkylation sites (N-methyl/N-ethyl adjacent to an activating group) is 1. The Morgan fingerprint density at radius 3 is 2.76 bits per heavy atom. The molecule has 0 saturated heterocycles. The first-order chi connectivity index (χ1) is 10.1. The Labute approximate surface area is 126 Å². The summed E-state index contributed by atoms with van der Waals surface area (Å²) >= 11 is 0. The first-order valence-electron chi connectivity index (χ1n) is 7.48. The number of hydrogen-bond acceptors (Lipinski definition) is 4. The van der Waals surface area contributed by atoms with E-state index in [9.17, 15) is 4.79 Å². The van der Waals surface area contributed by atoms with Crippen LogP contribution >= 0.6 is 0 Å². The molecular weight excluding hydrogens is 268 g/mol. The van der Waals surface area contributed by atoms with E-state index in [1.54, 1.807) is 14.0 Å². The zero-order valence-electron chi connectivity index (χ0n) is 12.9. The molecule has 2 N–H and O–H groups in total. The average molecular weight is 292 g/mol. The Morgan fingerprint density at radius 2 is 2.14 bits per heavy atom. The first-order valence-corrected chi connectivity index (χ1v) is 7.48. The van der Waals surface area contributed by atoms with Crippen molar-refractivity contribution in [1.29, 1.82) is 0 Å². The lowest BCUT2D eigenvalue weighted by Crippen LogP contribution is -2.36. The number of ether oxygens (including phenoxy) is 2. The van der Waals surface area contributed by atoms with Gasteiger partial charge in [-0.25, -0.2) is 0 Å². The summed E-state index contributed by atoms with van der Waals surface area (Å²) in [7, 11) is 1.61. The van der Waals surface area contributed by atoms with Crippen molar-refractivity contribution in [2.75, 3.05) is 13.7 Å². The van der Waals surface area contributed by atoms with Crippen LogP contribution in [-0.2, 0) is 11.3 Å². The Kier molecular flexibility index (Phi) is 5.44. The highest BCUT2D eigenvalue weighted by atomic mass is 16.5. The summed E-state index contributed by atoms with van der Waals surface area (Å²) in [5.41, 5.74) is 1.15. The van der Waals surface area contributed by atoms with Crippen LogP contribution in [0.5, 0.6) is 11.5 Å². The Balaban J connectivity index is 1.99. The fourth-order valence-electron chi connectivity index (χ4n) is 2.03. The third-order valence-electron chi connectivity index (χ3n) is 3.42. The summed E-state index contributed by atoms with van der Waals surface area (Å²) in [6, 6.07) is 6.48. The highest BCUT2D eigenvalue weighted by Crippen LogP contribution is 2.29. The molecule has 1 aliphatic rings. The van der Waals surface area contributed by atoms with Gasteiger partial charge in [0.2, 0.25) is 0 Å². The number of methoxy groups -OCH3 is 1. The Hall–Kier alpha value is -1.75. The molecule has 0 spiro atoms. The zero-order chi connectivity index (χ0) is 15.2. The van der Waals surface area contributed by atoms with Gasteiger partial charge in [0.05, 0.1) is 7.11 Å². The van der Waals surface area contributed by atoms with Crippen molar-refractivity contribution in [2.45, 2.75) is 45.4 Å². The number of carbonyl (C=O) groups is 1. The van der Waals surface area contributed by atoms with E-state index in [1.165, 1.54) is 12.8 Å². The van der Waals surface area contributed by atoms with Crippen LogP contribution in [0.15, 0.2) is 18.2 Å². The molecular formula is C16H24N2O3. The Bertz CT molecular complexity index is 486. The van der Waals surface area contributed by atoms with Crippen molar-refractivity contribution in [3.8, 4) is 11.5 Å². The summed E-state index contributed by atoms with van der Waals surface area (Å²) in [6.07, 6.45) is 1.99. The van der Waals surface area contributed by atoms with Gasteiger partial charge in [-0.05, 0) is 44.4 Å². The molecule has 5 heteroatoms. The molecule has 1 unspecified atom stereocenters. The van der Waals surface area contributed by atoms with Crippen LogP contribution < -0.4 is 20.1 Å². The maximum atomic E-state index is 11.7. The largest absolute Gasteiger partial charge is 0.493 e. The van der Waals surface area contributed by atoms with Crippen molar-refractivity contribution >= 4 is 5.91 Å². The van der Waals surface area contributed by atoms with Crippen LogP contribution in [-0.4, -0.2) is 31.7 Å². The molecule has 21 heavy (non-hydrogen) atoms. The van der Waals surface area contributed by atoms with Crippen LogP contribution in [0.1, 0.15) is 32.3 Å². The lowest BCUT2D eigenvalue weighted by atomic mass is 10.2. The topological polar surface area (TPSA) is 59.6 Å². The van der Waals surface area contributed by atoms with Gasteiger partial charge in [-0.1, -0.05) is 6.07 Å². The van der Waals surface area contributed by atoms with Gasteiger partial charge < -0.3 is 20.1 Å². The number of rotatable bonds is 8. The van der Waals surface area contributed by atoms with Crippen molar-refractivity contribution in [2.24, 2.45) is 0 Å². The standard InChI is InChI=1S/C16H24N2O3/c1-4-17-16(19)11(2)21-14-8-5-12(9-15(14)20-3)10-18-13-6-7-13/h5,8-9,11,13,18H,4,6-7,10H2,1-3H3,(H,17,19). The van der Waals surface area contributed by atoms with Crippen LogP contribution in [0.2, 0.25) is 0 Å². The lowest BCUT2D eigenvalue weighted by molar-refractivity contribution is -0.127. The molecule has 0 bridgehead atoms. The van der Waals surface area contributed by atoms with Crippen molar-refractivity contribution < 1.29 is 14.3 Å². The quantitative estimate of drug-likeness (QED) is 0.768. The number of nitrogens with one attached hydrogen (secondary N) is 2. The number of carbonyl (C=O) groups excluding carboxylic acids is 1. The van der Waals surface area contributed by atoms with Crippen LogP contribution in [0.4, 0.5) is 0 Å². The molecule has 5 nitrogen and oxygen atoms in total. The fraction of sp³-hybridized carbons (Fsp3) is 0.562. The van der Waals surface area contributed by atoms with Gasteiger partial charge in [-0.2, -0.15) is 0 Å². The van der Waals surface area contributed by atoms with E-state index in [4.69, 9.17) is 9.47 Å². The molecule has 1 aromatic rings. The predicted octanol–water partition coefficient (Wildman–Crippen LogP) is 1.85. The second-order valence-electron chi connectivity index (χ2n) is 5.30.